The topological polar surface area (TPSA) is 66.6 Å². The van der Waals surface area contributed by atoms with E-state index in [1.807, 2.05) is 43.3 Å². The SMILES string of the molecule is CN(C)c1cccc(-c2nc3ccc(C(=O)O)cc3o2)c1. The maximum absolute atomic E-state index is 11.0. The Hall–Kier alpha value is -2.82. The number of oxazole rings is 1. The molecule has 0 amide bonds. The number of rotatable bonds is 3. The molecule has 0 saturated heterocycles. The number of aromatic nitrogens is 1. The zero-order valence-corrected chi connectivity index (χ0v) is 11.7. The Morgan fingerprint density at radius 3 is 2.71 bits per heavy atom. The molecule has 0 atom stereocenters. The first-order valence-electron chi connectivity index (χ1n) is 6.46. The molecule has 0 unspecified atom stereocenters. The largest absolute Gasteiger partial charge is 0.478 e. The number of fused-ring (bicyclic) bond motifs is 1. The molecule has 1 heterocycles. The van der Waals surface area contributed by atoms with Crippen LogP contribution in [0.1, 0.15) is 10.4 Å². The number of hydrogen-bond donors (Lipinski definition) is 1. The van der Waals surface area contributed by atoms with Crippen LogP contribution in [-0.2, 0) is 0 Å². The highest BCUT2D eigenvalue weighted by Gasteiger charge is 2.11. The van der Waals surface area contributed by atoms with Gasteiger partial charge in [-0.2, -0.15) is 0 Å². The quantitative estimate of drug-likeness (QED) is 0.798. The van der Waals surface area contributed by atoms with Crippen LogP contribution in [0.5, 0.6) is 0 Å². The zero-order valence-electron chi connectivity index (χ0n) is 11.7. The second-order valence-corrected chi connectivity index (χ2v) is 4.95. The van der Waals surface area contributed by atoms with Crippen LogP contribution < -0.4 is 4.90 Å². The summed E-state index contributed by atoms with van der Waals surface area (Å²) < 4.78 is 5.69. The van der Waals surface area contributed by atoms with Gasteiger partial charge >= 0.3 is 5.97 Å². The molecule has 1 N–H and O–H groups in total. The fourth-order valence-corrected chi connectivity index (χ4v) is 2.10. The fourth-order valence-electron chi connectivity index (χ4n) is 2.10. The summed E-state index contributed by atoms with van der Waals surface area (Å²) in [6.45, 7) is 0. The van der Waals surface area contributed by atoms with Gasteiger partial charge in [-0.15, -0.1) is 0 Å². The average molecular weight is 282 g/mol. The molecule has 5 heteroatoms. The molecule has 3 rings (SSSR count). The zero-order chi connectivity index (χ0) is 15.0. The number of carboxylic acid groups (broad SMARTS) is 1. The Morgan fingerprint density at radius 2 is 2.00 bits per heavy atom. The van der Waals surface area contributed by atoms with Crippen molar-refractivity contribution in [1.82, 2.24) is 4.98 Å². The predicted molar refractivity (Wildman–Crippen MR) is 80.7 cm³/mol. The van der Waals surface area contributed by atoms with E-state index in [1.165, 1.54) is 12.1 Å². The third kappa shape index (κ3) is 2.45. The Morgan fingerprint density at radius 1 is 1.19 bits per heavy atom. The van der Waals surface area contributed by atoms with E-state index in [-0.39, 0.29) is 5.56 Å². The molecule has 0 fully saturated rings. The first kappa shape index (κ1) is 13.2. The lowest BCUT2D eigenvalue weighted by Gasteiger charge is -2.12. The van der Waals surface area contributed by atoms with E-state index in [1.54, 1.807) is 6.07 Å². The Balaban J connectivity index is 2.08. The lowest BCUT2D eigenvalue weighted by Crippen LogP contribution is -2.08. The van der Waals surface area contributed by atoms with Crippen molar-refractivity contribution in [2.45, 2.75) is 0 Å². The van der Waals surface area contributed by atoms with E-state index in [2.05, 4.69) is 4.98 Å². The molecule has 106 valence electrons. The van der Waals surface area contributed by atoms with Crippen molar-refractivity contribution in [2.75, 3.05) is 19.0 Å². The highest BCUT2D eigenvalue weighted by molar-refractivity contribution is 5.92. The van der Waals surface area contributed by atoms with Gasteiger partial charge in [0, 0.05) is 25.3 Å². The van der Waals surface area contributed by atoms with Gasteiger partial charge in [0.05, 0.1) is 5.56 Å². The lowest BCUT2D eigenvalue weighted by atomic mass is 10.2. The molecular formula is C16H14N2O3. The molecule has 0 radical (unpaired) electrons. The Kier molecular flexibility index (Phi) is 3.10. The third-order valence-corrected chi connectivity index (χ3v) is 3.24. The van der Waals surface area contributed by atoms with Crippen molar-refractivity contribution >= 4 is 22.8 Å². The van der Waals surface area contributed by atoms with Crippen LogP contribution in [0.15, 0.2) is 46.9 Å². The van der Waals surface area contributed by atoms with Crippen molar-refractivity contribution in [3.05, 3.63) is 48.0 Å². The van der Waals surface area contributed by atoms with E-state index in [0.717, 1.165) is 11.3 Å². The normalized spacial score (nSPS) is 10.8. The second-order valence-electron chi connectivity index (χ2n) is 4.95. The second kappa shape index (κ2) is 4.94. The summed E-state index contributed by atoms with van der Waals surface area (Å²) in [6.07, 6.45) is 0. The van der Waals surface area contributed by atoms with Crippen molar-refractivity contribution in [3.8, 4) is 11.5 Å². The van der Waals surface area contributed by atoms with Gasteiger partial charge in [-0.05, 0) is 36.4 Å². The molecule has 0 aliphatic rings. The molecule has 3 aromatic rings. The molecule has 1 aromatic heterocycles. The molecule has 0 bridgehead atoms. The van der Waals surface area contributed by atoms with Crippen LogP contribution in [0.25, 0.3) is 22.6 Å². The van der Waals surface area contributed by atoms with Gasteiger partial charge in [-0.1, -0.05) is 6.07 Å². The molecule has 5 nitrogen and oxygen atoms in total. The molecule has 0 aliphatic heterocycles. The number of hydrogen-bond acceptors (Lipinski definition) is 4. The van der Waals surface area contributed by atoms with Gasteiger partial charge in [0.15, 0.2) is 5.58 Å². The van der Waals surface area contributed by atoms with Crippen LogP contribution in [0, 0.1) is 0 Å². The van der Waals surface area contributed by atoms with Gasteiger partial charge in [-0.3, -0.25) is 0 Å². The number of aromatic carboxylic acids is 1. The number of carboxylic acids is 1. The summed E-state index contributed by atoms with van der Waals surface area (Å²) >= 11 is 0. The smallest absolute Gasteiger partial charge is 0.335 e. The van der Waals surface area contributed by atoms with Gasteiger partial charge in [0.1, 0.15) is 5.52 Å². The number of anilines is 1. The van der Waals surface area contributed by atoms with Crippen molar-refractivity contribution in [2.24, 2.45) is 0 Å². The Bertz CT molecular complexity index is 821. The molecule has 21 heavy (non-hydrogen) atoms. The maximum Gasteiger partial charge on any atom is 0.335 e. The van der Waals surface area contributed by atoms with Crippen LogP contribution in [0.3, 0.4) is 0 Å². The van der Waals surface area contributed by atoms with Gasteiger partial charge < -0.3 is 14.4 Å². The van der Waals surface area contributed by atoms with E-state index >= 15 is 0 Å². The van der Waals surface area contributed by atoms with Crippen LogP contribution in [0.2, 0.25) is 0 Å². The Labute approximate surface area is 121 Å². The monoisotopic (exact) mass is 282 g/mol. The standard InChI is InChI=1S/C16H14N2O3/c1-18(2)12-5-3-4-10(8-12)15-17-13-7-6-11(16(19)20)9-14(13)21-15/h3-9H,1-2H3,(H,19,20). The predicted octanol–water partition coefficient (Wildman–Crippen LogP) is 3.26. The van der Waals surface area contributed by atoms with E-state index in [9.17, 15) is 4.79 Å². The average Bonchev–Trinajstić information content (AvgIpc) is 2.90. The van der Waals surface area contributed by atoms with E-state index < -0.39 is 5.97 Å². The molecular weight excluding hydrogens is 268 g/mol. The fraction of sp³-hybridized carbons (Fsp3) is 0.125. The van der Waals surface area contributed by atoms with Crippen molar-refractivity contribution in [3.63, 3.8) is 0 Å². The van der Waals surface area contributed by atoms with Crippen LogP contribution >= 0.6 is 0 Å². The highest BCUT2D eigenvalue weighted by Crippen LogP contribution is 2.27. The number of benzene rings is 2. The summed E-state index contributed by atoms with van der Waals surface area (Å²) in [6, 6.07) is 12.5. The van der Waals surface area contributed by atoms with Crippen molar-refractivity contribution < 1.29 is 14.3 Å². The highest BCUT2D eigenvalue weighted by atomic mass is 16.4. The van der Waals surface area contributed by atoms with Gasteiger partial charge in [0.25, 0.3) is 0 Å². The minimum Gasteiger partial charge on any atom is -0.478 e. The third-order valence-electron chi connectivity index (χ3n) is 3.24. The van der Waals surface area contributed by atoms with E-state index in [4.69, 9.17) is 9.52 Å². The van der Waals surface area contributed by atoms with Gasteiger partial charge in [-0.25, -0.2) is 9.78 Å². The first-order chi connectivity index (χ1) is 10.0. The van der Waals surface area contributed by atoms with Gasteiger partial charge in [0.2, 0.25) is 5.89 Å². The summed E-state index contributed by atoms with van der Waals surface area (Å²) in [5.74, 6) is -0.499. The summed E-state index contributed by atoms with van der Waals surface area (Å²) in [4.78, 5) is 17.4. The minimum absolute atomic E-state index is 0.187. The first-order valence-corrected chi connectivity index (χ1v) is 6.46. The number of nitrogens with zero attached hydrogens (tertiary/aromatic N) is 2. The minimum atomic E-state index is -0.982. The van der Waals surface area contributed by atoms with E-state index in [0.29, 0.717) is 17.0 Å². The lowest BCUT2D eigenvalue weighted by molar-refractivity contribution is 0.0697. The van der Waals surface area contributed by atoms with Crippen molar-refractivity contribution in [1.29, 1.82) is 0 Å². The van der Waals surface area contributed by atoms with Crippen LogP contribution in [-0.4, -0.2) is 30.2 Å². The molecule has 0 spiro atoms. The maximum atomic E-state index is 11.0. The number of carbonyl (C=O) groups is 1. The molecule has 0 saturated carbocycles. The summed E-state index contributed by atoms with van der Waals surface area (Å²) in [7, 11) is 3.93. The molecule has 2 aromatic carbocycles. The summed E-state index contributed by atoms with van der Waals surface area (Å²) in [5, 5.41) is 9.00. The summed E-state index contributed by atoms with van der Waals surface area (Å²) in [5.41, 5.74) is 3.20. The molecule has 0 aliphatic carbocycles. The van der Waals surface area contributed by atoms with Crippen LogP contribution in [0.4, 0.5) is 5.69 Å².